The van der Waals surface area contributed by atoms with Crippen molar-refractivity contribution < 1.29 is 9.21 Å². The van der Waals surface area contributed by atoms with Crippen molar-refractivity contribution in [3.8, 4) is 0 Å². The number of amides is 1. The standard InChI is InChI=1S/C21H21BrN2O2/c22-18-8-4-7-16-13-19(26-20(16)18)21(25)23-17-9-11-24(12-10-17)14-15-5-2-1-3-6-15/h1-8,13,17H,9-12,14H2,(H,23,25). The molecule has 5 heteroatoms. The Morgan fingerprint density at radius 3 is 2.62 bits per heavy atom. The maximum Gasteiger partial charge on any atom is 0.287 e. The van der Waals surface area contributed by atoms with Crippen LogP contribution in [0.15, 0.2) is 63.5 Å². The minimum absolute atomic E-state index is 0.130. The lowest BCUT2D eigenvalue weighted by Gasteiger charge is -2.32. The third kappa shape index (κ3) is 3.84. The van der Waals surface area contributed by atoms with E-state index >= 15 is 0 Å². The first-order chi connectivity index (χ1) is 12.7. The SMILES string of the molecule is O=C(NC1CCN(Cc2ccccc2)CC1)c1cc2cccc(Br)c2o1. The molecule has 1 amide bonds. The number of nitrogens with zero attached hydrogens (tertiary/aromatic N) is 1. The van der Waals surface area contributed by atoms with E-state index in [1.54, 1.807) is 6.07 Å². The van der Waals surface area contributed by atoms with Gasteiger partial charge in [-0.1, -0.05) is 42.5 Å². The summed E-state index contributed by atoms with van der Waals surface area (Å²) in [7, 11) is 0. The topological polar surface area (TPSA) is 45.5 Å². The fourth-order valence-corrected chi connectivity index (χ4v) is 3.94. The molecule has 4 nitrogen and oxygen atoms in total. The van der Waals surface area contributed by atoms with Crippen molar-refractivity contribution in [1.29, 1.82) is 0 Å². The van der Waals surface area contributed by atoms with Crippen molar-refractivity contribution in [2.24, 2.45) is 0 Å². The number of hydrogen-bond acceptors (Lipinski definition) is 3. The highest BCUT2D eigenvalue weighted by atomic mass is 79.9. The summed E-state index contributed by atoms with van der Waals surface area (Å²) >= 11 is 3.46. The molecular formula is C21H21BrN2O2. The number of carbonyl (C=O) groups excluding carboxylic acids is 1. The zero-order valence-electron chi connectivity index (χ0n) is 14.5. The molecule has 0 saturated carbocycles. The van der Waals surface area contributed by atoms with E-state index in [4.69, 9.17) is 4.42 Å². The number of fused-ring (bicyclic) bond motifs is 1. The van der Waals surface area contributed by atoms with Crippen LogP contribution in [-0.4, -0.2) is 29.9 Å². The Hall–Kier alpha value is -2.11. The van der Waals surface area contributed by atoms with Gasteiger partial charge in [0.1, 0.15) is 5.58 Å². The number of hydrogen-bond donors (Lipinski definition) is 1. The molecule has 2 aromatic carbocycles. The Labute approximate surface area is 161 Å². The number of piperidine rings is 1. The first kappa shape index (κ1) is 17.3. The van der Waals surface area contributed by atoms with Crippen LogP contribution in [0.1, 0.15) is 29.0 Å². The Kier molecular flexibility index (Phi) is 5.09. The van der Waals surface area contributed by atoms with Gasteiger partial charge >= 0.3 is 0 Å². The second kappa shape index (κ2) is 7.64. The lowest BCUT2D eigenvalue weighted by atomic mass is 10.0. The summed E-state index contributed by atoms with van der Waals surface area (Å²) in [5, 5.41) is 4.06. The molecule has 0 aliphatic carbocycles. The van der Waals surface area contributed by atoms with Gasteiger partial charge in [0, 0.05) is 31.1 Å². The van der Waals surface area contributed by atoms with Crippen LogP contribution < -0.4 is 5.32 Å². The van der Waals surface area contributed by atoms with E-state index in [9.17, 15) is 4.79 Å². The Balaban J connectivity index is 1.33. The Morgan fingerprint density at radius 2 is 1.88 bits per heavy atom. The molecule has 1 fully saturated rings. The van der Waals surface area contributed by atoms with Crippen LogP contribution in [0.4, 0.5) is 0 Å². The maximum atomic E-state index is 12.5. The number of rotatable bonds is 4. The van der Waals surface area contributed by atoms with E-state index in [1.807, 2.05) is 24.3 Å². The van der Waals surface area contributed by atoms with E-state index < -0.39 is 0 Å². The Bertz CT molecular complexity index is 899. The average molecular weight is 413 g/mol. The van der Waals surface area contributed by atoms with E-state index in [0.29, 0.717) is 5.76 Å². The van der Waals surface area contributed by atoms with Gasteiger partial charge in [-0.05, 0) is 46.5 Å². The van der Waals surface area contributed by atoms with E-state index in [1.165, 1.54) is 5.56 Å². The molecule has 1 aromatic heterocycles. The van der Waals surface area contributed by atoms with E-state index in [-0.39, 0.29) is 11.9 Å². The number of furan rings is 1. The molecule has 3 aromatic rings. The second-order valence-corrected chi connectivity index (χ2v) is 7.63. The lowest BCUT2D eigenvalue weighted by molar-refractivity contribution is 0.0883. The van der Waals surface area contributed by atoms with Crippen LogP contribution in [0.2, 0.25) is 0 Å². The predicted molar refractivity (Wildman–Crippen MR) is 106 cm³/mol. The van der Waals surface area contributed by atoms with Gasteiger partial charge in [-0.25, -0.2) is 0 Å². The highest BCUT2D eigenvalue weighted by molar-refractivity contribution is 9.10. The molecule has 2 heterocycles. The number of para-hydroxylation sites is 1. The molecule has 1 N–H and O–H groups in total. The van der Waals surface area contributed by atoms with Crippen LogP contribution in [0.25, 0.3) is 11.0 Å². The summed E-state index contributed by atoms with van der Waals surface area (Å²) in [4.78, 5) is 15.0. The summed E-state index contributed by atoms with van der Waals surface area (Å²) in [6, 6.07) is 18.3. The Morgan fingerprint density at radius 1 is 1.12 bits per heavy atom. The average Bonchev–Trinajstić information content (AvgIpc) is 3.10. The fraction of sp³-hybridized carbons (Fsp3) is 0.286. The normalized spacial score (nSPS) is 16.0. The summed E-state index contributed by atoms with van der Waals surface area (Å²) in [5.41, 5.74) is 2.05. The van der Waals surface area contributed by atoms with E-state index in [2.05, 4.69) is 50.4 Å². The molecule has 4 rings (SSSR count). The van der Waals surface area contributed by atoms with Gasteiger partial charge in [0.2, 0.25) is 0 Å². The molecule has 0 atom stereocenters. The largest absolute Gasteiger partial charge is 0.450 e. The highest BCUT2D eigenvalue weighted by Gasteiger charge is 2.22. The fourth-order valence-electron chi connectivity index (χ4n) is 3.47. The number of carbonyl (C=O) groups is 1. The molecular weight excluding hydrogens is 392 g/mol. The van der Waals surface area contributed by atoms with Crippen molar-refractivity contribution in [1.82, 2.24) is 10.2 Å². The molecule has 0 unspecified atom stereocenters. The van der Waals surface area contributed by atoms with Gasteiger partial charge in [0.25, 0.3) is 5.91 Å². The molecule has 1 saturated heterocycles. The molecule has 0 radical (unpaired) electrons. The quantitative estimate of drug-likeness (QED) is 0.681. The smallest absolute Gasteiger partial charge is 0.287 e. The molecule has 26 heavy (non-hydrogen) atoms. The summed E-state index contributed by atoms with van der Waals surface area (Å²) in [5.74, 6) is 0.244. The lowest BCUT2D eigenvalue weighted by Crippen LogP contribution is -2.44. The maximum absolute atomic E-state index is 12.5. The molecule has 0 bridgehead atoms. The van der Waals surface area contributed by atoms with Crippen LogP contribution in [0, 0.1) is 0 Å². The van der Waals surface area contributed by atoms with Crippen molar-refractivity contribution >= 4 is 32.8 Å². The second-order valence-electron chi connectivity index (χ2n) is 6.78. The molecule has 0 spiro atoms. The zero-order chi connectivity index (χ0) is 17.9. The van der Waals surface area contributed by atoms with Crippen molar-refractivity contribution in [3.05, 3.63) is 70.4 Å². The number of nitrogens with one attached hydrogen (secondary N) is 1. The highest BCUT2D eigenvalue weighted by Crippen LogP contribution is 2.27. The number of benzene rings is 2. The predicted octanol–water partition coefficient (Wildman–Crippen LogP) is 4.59. The van der Waals surface area contributed by atoms with Gasteiger partial charge < -0.3 is 9.73 Å². The van der Waals surface area contributed by atoms with Crippen molar-refractivity contribution in [2.45, 2.75) is 25.4 Å². The van der Waals surface area contributed by atoms with E-state index in [0.717, 1.165) is 47.9 Å². The first-order valence-electron chi connectivity index (χ1n) is 8.94. The molecule has 1 aliphatic heterocycles. The van der Waals surface area contributed by atoms with Gasteiger partial charge in [-0.2, -0.15) is 0 Å². The monoisotopic (exact) mass is 412 g/mol. The zero-order valence-corrected chi connectivity index (χ0v) is 16.0. The summed E-state index contributed by atoms with van der Waals surface area (Å²) in [6.45, 7) is 2.95. The van der Waals surface area contributed by atoms with Gasteiger partial charge in [-0.3, -0.25) is 9.69 Å². The van der Waals surface area contributed by atoms with Gasteiger partial charge in [-0.15, -0.1) is 0 Å². The van der Waals surface area contributed by atoms with Crippen LogP contribution >= 0.6 is 15.9 Å². The summed E-state index contributed by atoms with van der Waals surface area (Å²) in [6.07, 6.45) is 1.92. The van der Waals surface area contributed by atoms with Gasteiger partial charge in [0.15, 0.2) is 5.76 Å². The summed E-state index contributed by atoms with van der Waals surface area (Å²) < 4.78 is 6.60. The van der Waals surface area contributed by atoms with Crippen LogP contribution in [0.3, 0.4) is 0 Å². The minimum atomic E-state index is -0.130. The first-order valence-corrected chi connectivity index (χ1v) is 9.73. The minimum Gasteiger partial charge on any atom is -0.450 e. The third-order valence-electron chi connectivity index (χ3n) is 4.89. The van der Waals surface area contributed by atoms with Crippen LogP contribution in [0.5, 0.6) is 0 Å². The molecule has 1 aliphatic rings. The molecule has 134 valence electrons. The van der Waals surface area contributed by atoms with Gasteiger partial charge in [0.05, 0.1) is 4.47 Å². The van der Waals surface area contributed by atoms with Crippen molar-refractivity contribution in [3.63, 3.8) is 0 Å². The van der Waals surface area contributed by atoms with Crippen LogP contribution in [-0.2, 0) is 6.54 Å². The third-order valence-corrected chi connectivity index (χ3v) is 5.52. The number of likely N-dealkylation sites (tertiary alicyclic amines) is 1. The van der Waals surface area contributed by atoms with Crippen molar-refractivity contribution in [2.75, 3.05) is 13.1 Å². The number of halogens is 1.